The maximum absolute atomic E-state index is 12.8. The molecule has 0 radical (unpaired) electrons. The quantitative estimate of drug-likeness (QED) is 0.366. The molecule has 4 N–H and O–H groups in total. The summed E-state index contributed by atoms with van der Waals surface area (Å²) >= 11 is 0. The molecule has 9 nitrogen and oxygen atoms in total. The summed E-state index contributed by atoms with van der Waals surface area (Å²) < 4.78 is 10.3. The Bertz CT molecular complexity index is 1040. The topological polar surface area (TPSA) is 125 Å². The zero-order chi connectivity index (χ0) is 23.4. The molecule has 0 bridgehead atoms. The van der Waals surface area contributed by atoms with Crippen molar-refractivity contribution < 1.29 is 19.2 Å². The number of hydrogen-bond donors (Lipinski definition) is 4. The summed E-state index contributed by atoms with van der Waals surface area (Å²) in [4.78, 5) is 20.7. The molecule has 4 rings (SSSR count). The standard InChI is InChI=1S/C24H31N5O4/c1-14-18(15(2)33-29-14)12-26-19-11-17(24(31)25-9-10-32-3)22(30)21(19)20-13-27-23(28-20)16-7-5-4-6-8-16/h4-8,13,17,19,21-22,26,30H,9-12H2,1-3H3,(H,25,31)(H,27,28)/t17-,19+,21+,22+/m0/s1. The van der Waals surface area contributed by atoms with Crippen LogP contribution in [0.1, 0.15) is 35.1 Å². The molecule has 1 aliphatic rings. The Morgan fingerprint density at radius 1 is 1.30 bits per heavy atom. The fraction of sp³-hybridized carbons (Fsp3) is 0.458. The third kappa shape index (κ3) is 5.00. The molecule has 0 spiro atoms. The van der Waals surface area contributed by atoms with Crippen LogP contribution < -0.4 is 10.6 Å². The first-order valence-corrected chi connectivity index (χ1v) is 11.2. The molecule has 9 heteroatoms. The van der Waals surface area contributed by atoms with Gasteiger partial charge in [-0.15, -0.1) is 0 Å². The van der Waals surface area contributed by atoms with E-state index < -0.39 is 12.0 Å². The largest absolute Gasteiger partial charge is 0.392 e. The molecular formula is C24H31N5O4. The number of imidazole rings is 1. The number of nitrogens with zero attached hydrogens (tertiary/aromatic N) is 2. The van der Waals surface area contributed by atoms with Gasteiger partial charge in [-0.3, -0.25) is 4.79 Å². The van der Waals surface area contributed by atoms with Crippen LogP contribution in [-0.4, -0.2) is 58.5 Å². The monoisotopic (exact) mass is 453 g/mol. The van der Waals surface area contributed by atoms with Gasteiger partial charge in [-0.25, -0.2) is 4.98 Å². The van der Waals surface area contributed by atoms with Crippen molar-refractivity contribution in [1.82, 2.24) is 25.8 Å². The second-order valence-electron chi connectivity index (χ2n) is 8.49. The predicted octanol–water partition coefficient (Wildman–Crippen LogP) is 2.07. The normalized spacial score (nSPS) is 22.5. The highest BCUT2D eigenvalue weighted by atomic mass is 16.5. The predicted molar refractivity (Wildman–Crippen MR) is 122 cm³/mol. The smallest absolute Gasteiger partial charge is 0.225 e. The number of aryl methyl sites for hydroxylation is 2. The molecule has 176 valence electrons. The van der Waals surface area contributed by atoms with Gasteiger partial charge >= 0.3 is 0 Å². The number of methoxy groups -OCH3 is 1. The number of carbonyl (C=O) groups is 1. The number of rotatable bonds is 9. The Kier molecular flexibility index (Phi) is 7.22. The lowest BCUT2D eigenvalue weighted by Crippen LogP contribution is -2.37. The summed E-state index contributed by atoms with van der Waals surface area (Å²) in [6, 6.07) is 9.68. The number of carbonyl (C=O) groups excluding carboxylic acids is 1. The summed E-state index contributed by atoms with van der Waals surface area (Å²) in [7, 11) is 1.59. The number of aliphatic hydroxyl groups excluding tert-OH is 1. The van der Waals surface area contributed by atoms with Gasteiger partial charge in [-0.2, -0.15) is 0 Å². The van der Waals surface area contributed by atoms with E-state index in [2.05, 4.69) is 25.8 Å². The number of amides is 1. The number of H-pyrrole nitrogens is 1. The molecule has 2 aromatic heterocycles. The van der Waals surface area contributed by atoms with Crippen LogP contribution in [0.15, 0.2) is 41.1 Å². The van der Waals surface area contributed by atoms with Crippen molar-refractivity contribution in [2.45, 2.75) is 44.9 Å². The molecular weight excluding hydrogens is 422 g/mol. The van der Waals surface area contributed by atoms with Crippen molar-refractivity contribution >= 4 is 5.91 Å². The van der Waals surface area contributed by atoms with Crippen molar-refractivity contribution in [1.29, 1.82) is 0 Å². The van der Waals surface area contributed by atoms with E-state index in [4.69, 9.17) is 9.26 Å². The van der Waals surface area contributed by atoms with Crippen molar-refractivity contribution in [2.24, 2.45) is 5.92 Å². The van der Waals surface area contributed by atoms with E-state index in [1.165, 1.54) is 0 Å². The summed E-state index contributed by atoms with van der Waals surface area (Å²) in [5.74, 6) is 0.451. The lowest BCUT2D eigenvalue weighted by Gasteiger charge is -2.22. The summed E-state index contributed by atoms with van der Waals surface area (Å²) in [5.41, 5.74) is 3.58. The molecule has 1 amide bonds. The Labute approximate surface area is 192 Å². The summed E-state index contributed by atoms with van der Waals surface area (Å²) in [6.45, 7) is 5.15. The van der Waals surface area contributed by atoms with Crippen LogP contribution in [0, 0.1) is 19.8 Å². The fourth-order valence-corrected chi connectivity index (χ4v) is 4.56. The average molecular weight is 454 g/mol. The molecule has 3 aromatic rings. The van der Waals surface area contributed by atoms with E-state index >= 15 is 0 Å². The number of nitrogens with one attached hydrogen (secondary N) is 3. The first-order chi connectivity index (χ1) is 16.0. The summed E-state index contributed by atoms with van der Waals surface area (Å²) in [6.07, 6.45) is 1.39. The van der Waals surface area contributed by atoms with Crippen LogP contribution in [0.3, 0.4) is 0 Å². The highest BCUT2D eigenvalue weighted by Crippen LogP contribution is 2.39. The molecule has 0 saturated heterocycles. The Morgan fingerprint density at radius 2 is 2.09 bits per heavy atom. The molecule has 4 atom stereocenters. The van der Waals surface area contributed by atoms with Gasteiger partial charge in [0.15, 0.2) is 0 Å². The van der Waals surface area contributed by atoms with E-state index in [1.54, 1.807) is 13.3 Å². The first kappa shape index (κ1) is 23.2. The van der Waals surface area contributed by atoms with Crippen molar-refractivity contribution in [3.05, 3.63) is 59.2 Å². The van der Waals surface area contributed by atoms with Crippen LogP contribution in [0.4, 0.5) is 0 Å². The van der Waals surface area contributed by atoms with Gasteiger partial charge in [0.2, 0.25) is 5.91 Å². The Morgan fingerprint density at radius 3 is 2.79 bits per heavy atom. The van der Waals surface area contributed by atoms with E-state index in [0.717, 1.165) is 34.1 Å². The van der Waals surface area contributed by atoms with Crippen molar-refractivity contribution in [3.63, 3.8) is 0 Å². The van der Waals surface area contributed by atoms with Crippen molar-refractivity contribution in [3.8, 4) is 11.4 Å². The van der Waals surface area contributed by atoms with Gasteiger partial charge in [0.25, 0.3) is 0 Å². The average Bonchev–Trinajstić information content (AvgIpc) is 3.51. The van der Waals surface area contributed by atoms with E-state index in [1.807, 2.05) is 44.2 Å². The molecule has 1 saturated carbocycles. The van der Waals surface area contributed by atoms with Crippen molar-refractivity contribution in [2.75, 3.05) is 20.3 Å². The Balaban J connectivity index is 1.56. The number of ether oxygens (including phenoxy) is 1. The molecule has 33 heavy (non-hydrogen) atoms. The van der Waals surface area contributed by atoms with Crippen LogP contribution in [0.25, 0.3) is 11.4 Å². The molecule has 1 fully saturated rings. The number of benzene rings is 1. The number of aromatic amines is 1. The second-order valence-corrected chi connectivity index (χ2v) is 8.49. The van der Waals surface area contributed by atoms with Crippen LogP contribution in [0.2, 0.25) is 0 Å². The maximum Gasteiger partial charge on any atom is 0.225 e. The number of hydrogen-bond acceptors (Lipinski definition) is 7. The number of aromatic nitrogens is 3. The maximum atomic E-state index is 12.8. The Hall–Kier alpha value is -3.01. The van der Waals surface area contributed by atoms with Crippen LogP contribution in [-0.2, 0) is 16.1 Å². The van der Waals surface area contributed by atoms with E-state index in [0.29, 0.717) is 26.1 Å². The molecule has 0 unspecified atom stereocenters. The minimum Gasteiger partial charge on any atom is -0.392 e. The first-order valence-electron chi connectivity index (χ1n) is 11.2. The SMILES string of the molecule is COCCNC(=O)[C@H]1C[C@@H](NCc2c(C)noc2C)[C@H](c2cnc(-c3ccccc3)[nH]2)[C@@H]1O. The highest BCUT2D eigenvalue weighted by molar-refractivity contribution is 5.80. The van der Waals surface area contributed by atoms with Gasteiger partial charge in [0, 0.05) is 55.2 Å². The van der Waals surface area contributed by atoms with Gasteiger partial charge < -0.3 is 30.0 Å². The van der Waals surface area contributed by atoms with Crippen LogP contribution in [0.5, 0.6) is 0 Å². The van der Waals surface area contributed by atoms with E-state index in [-0.39, 0.29) is 17.9 Å². The molecule has 0 aliphatic heterocycles. The molecule has 2 heterocycles. The third-order valence-corrected chi connectivity index (χ3v) is 6.39. The zero-order valence-electron chi connectivity index (χ0n) is 19.2. The zero-order valence-corrected chi connectivity index (χ0v) is 19.2. The lowest BCUT2D eigenvalue weighted by atomic mass is 9.96. The van der Waals surface area contributed by atoms with Gasteiger partial charge in [-0.05, 0) is 20.3 Å². The van der Waals surface area contributed by atoms with E-state index in [9.17, 15) is 9.90 Å². The van der Waals surface area contributed by atoms with Gasteiger partial charge in [-0.1, -0.05) is 35.5 Å². The third-order valence-electron chi connectivity index (χ3n) is 6.39. The highest BCUT2D eigenvalue weighted by Gasteiger charge is 2.47. The minimum atomic E-state index is -0.862. The molecule has 1 aromatic carbocycles. The van der Waals surface area contributed by atoms with Gasteiger partial charge in [0.1, 0.15) is 11.6 Å². The van der Waals surface area contributed by atoms with Gasteiger partial charge in [0.05, 0.1) is 24.3 Å². The number of aliphatic hydroxyl groups is 1. The lowest BCUT2D eigenvalue weighted by molar-refractivity contribution is -0.127. The fourth-order valence-electron chi connectivity index (χ4n) is 4.56. The molecule has 1 aliphatic carbocycles. The van der Waals surface area contributed by atoms with Crippen LogP contribution >= 0.6 is 0 Å². The second kappa shape index (κ2) is 10.3. The minimum absolute atomic E-state index is 0.143. The summed E-state index contributed by atoms with van der Waals surface area (Å²) in [5, 5.41) is 21.7.